The van der Waals surface area contributed by atoms with Gasteiger partial charge in [0.2, 0.25) is 5.95 Å². The molecule has 0 spiro atoms. The Bertz CT molecular complexity index is 853. The number of fused-ring (bicyclic) bond motifs is 1. The van der Waals surface area contributed by atoms with Gasteiger partial charge in [0.15, 0.2) is 23.5 Å². The first-order valence-corrected chi connectivity index (χ1v) is 7.65. The third-order valence-corrected chi connectivity index (χ3v) is 4.02. The van der Waals surface area contributed by atoms with E-state index in [1.807, 2.05) is 0 Å². The highest BCUT2D eigenvalue weighted by atomic mass is 31.1. The van der Waals surface area contributed by atoms with Gasteiger partial charge in [0.25, 0.3) is 11.3 Å². The number of nitrogens with one attached hydrogen (secondary N) is 1. The third kappa shape index (κ3) is 2.48. The fraction of sp³-hybridized carbons (Fsp3) is 0.500. The molecule has 0 amide bonds. The van der Waals surface area contributed by atoms with Gasteiger partial charge in [-0.05, 0) is 0 Å². The second-order valence-corrected chi connectivity index (χ2v) is 5.66. The molecule has 1 saturated heterocycles. The van der Waals surface area contributed by atoms with Crippen molar-refractivity contribution in [1.82, 2.24) is 19.5 Å². The lowest BCUT2D eigenvalue weighted by molar-refractivity contribution is -0.217. The van der Waals surface area contributed by atoms with E-state index in [2.05, 4.69) is 19.5 Å². The molecular weight excluding hydrogens is 349 g/mol. The van der Waals surface area contributed by atoms with Crippen molar-refractivity contribution in [2.45, 2.75) is 24.2 Å². The van der Waals surface area contributed by atoms with Crippen LogP contribution in [-0.2, 0) is 13.8 Å². The zero-order valence-corrected chi connectivity index (χ0v) is 12.7. The molecule has 2 aromatic heterocycles. The van der Waals surface area contributed by atoms with Crippen LogP contribution in [0.25, 0.3) is 11.2 Å². The molecule has 130 valence electrons. The molecule has 1 fully saturated rings. The van der Waals surface area contributed by atoms with E-state index in [9.17, 15) is 24.7 Å². The molecule has 3 heterocycles. The Kier molecular flexibility index (Phi) is 4.09. The van der Waals surface area contributed by atoms with E-state index >= 15 is 0 Å². The van der Waals surface area contributed by atoms with Crippen molar-refractivity contribution in [1.29, 1.82) is 0 Å². The number of imidazole rings is 1. The second kappa shape index (κ2) is 5.82. The van der Waals surface area contributed by atoms with Gasteiger partial charge in [-0.15, -0.1) is 4.89 Å². The van der Waals surface area contributed by atoms with E-state index in [0.29, 0.717) is 0 Å². The largest absolute Gasteiger partial charge is 0.697 e. The quantitative estimate of drug-likeness (QED) is 0.244. The van der Waals surface area contributed by atoms with E-state index < -0.39 is 44.6 Å². The average molecular weight is 362 g/mol. The van der Waals surface area contributed by atoms with Crippen LogP contribution in [0.1, 0.15) is 6.23 Å². The minimum Gasteiger partial charge on any atom is -0.393 e. The number of hydrogen-bond acceptors (Lipinski definition) is 10. The molecule has 0 saturated carbocycles. The summed E-state index contributed by atoms with van der Waals surface area (Å²) in [5, 5.41) is 29.9. The summed E-state index contributed by atoms with van der Waals surface area (Å²) < 4.78 is 21.7. The SMILES string of the molecule is Nc1nc2c(ncn2[C@@H]2O[C@H](CO)[C@](O)(O[P+](=O)O)[C@H]2O)c(=O)[nH]1. The monoisotopic (exact) mass is 362 g/mol. The summed E-state index contributed by atoms with van der Waals surface area (Å²) in [4.78, 5) is 30.5. The minimum absolute atomic E-state index is 0.0605. The number of nitrogens with zero attached hydrogens (tertiary/aromatic N) is 3. The molecule has 3 rings (SSSR count). The number of ether oxygens (including phenoxy) is 1. The van der Waals surface area contributed by atoms with Crippen molar-refractivity contribution in [2.75, 3.05) is 12.3 Å². The van der Waals surface area contributed by atoms with Crippen LogP contribution in [0.5, 0.6) is 0 Å². The highest BCUT2D eigenvalue weighted by molar-refractivity contribution is 7.32. The first kappa shape index (κ1) is 16.9. The molecule has 1 aliphatic heterocycles. The van der Waals surface area contributed by atoms with Crippen LogP contribution in [0.2, 0.25) is 0 Å². The molecule has 5 atom stereocenters. The van der Waals surface area contributed by atoms with Crippen LogP contribution >= 0.6 is 8.25 Å². The molecule has 1 aliphatic rings. The van der Waals surface area contributed by atoms with Crippen molar-refractivity contribution < 1.29 is 34.0 Å². The average Bonchev–Trinajstić information content (AvgIpc) is 2.99. The highest BCUT2D eigenvalue weighted by Gasteiger charge is 2.62. The highest BCUT2D eigenvalue weighted by Crippen LogP contribution is 2.42. The van der Waals surface area contributed by atoms with E-state index in [0.717, 1.165) is 10.9 Å². The van der Waals surface area contributed by atoms with Crippen LogP contribution in [-0.4, -0.2) is 64.3 Å². The number of aromatic amines is 1. The Morgan fingerprint density at radius 2 is 2.29 bits per heavy atom. The Labute approximate surface area is 133 Å². The maximum Gasteiger partial charge on any atom is 0.697 e. The Hall–Kier alpha value is -1.99. The fourth-order valence-corrected chi connectivity index (χ4v) is 2.97. The standard InChI is InChI=1S/C10H12N5O8P/c11-9-13-6-4(7(18)14-9)12-2-15(6)8-5(17)10(19,23-24(20)21)3(1-16)22-8/h2-3,5,8,16-17,19H,1H2,(H3-,11,13,14,18,20,21)/p+1/t3-,5+,8-,10+/m1/s1. The zero-order chi connectivity index (χ0) is 17.6. The minimum atomic E-state index is -3.31. The van der Waals surface area contributed by atoms with Crippen molar-refractivity contribution in [3.63, 3.8) is 0 Å². The van der Waals surface area contributed by atoms with Crippen molar-refractivity contribution in [2.24, 2.45) is 0 Å². The number of aromatic nitrogens is 4. The molecule has 0 aliphatic carbocycles. The number of aliphatic hydroxyl groups is 3. The van der Waals surface area contributed by atoms with E-state index in [-0.39, 0.29) is 17.1 Å². The van der Waals surface area contributed by atoms with Gasteiger partial charge >= 0.3 is 8.25 Å². The smallest absolute Gasteiger partial charge is 0.393 e. The number of H-pyrrole nitrogens is 1. The van der Waals surface area contributed by atoms with Gasteiger partial charge in [-0.25, -0.2) is 4.98 Å². The number of aliphatic hydroxyl groups excluding tert-OH is 2. The van der Waals surface area contributed by atoms with Gasteiger partial charge < -0.3 is 25.8 Å². The fourth-order valence-electron chi connectivity index (χ4n) is 2.49. The number of hydrogen-bond donors (Lipinski definition) is 6. The summed E-state index contributed by atoms with van der Waals surface area (Å²) in [7, 11) is -3.31. The van der Waals surface area contributed by atoms with Gasteiger partial charge in [0.05, 0.1) is 12.9 Å². The van der Waals surface area contributed by atoms with Crippen LogP contribution in [0.3, 0.4) is 0 Å². The van der Waals surface area contributed by atoms with Crippen LogP contribution in [0.15, 0.2) is 11.1 Å². The van der Waals surface area contributed by atoms with Crippen LogP contribution < -0.4 is 11.3 Å². The van der Waals surface area contributed by atoms with Gasteiger partial charge in [-0.2, -0.15) is 4.98 Å². The summed E-state index contributed by atoms with van der Waals surface area (Å²) in [5.74, 6) is -2.88. The van der Waals surface area contributed by atoms with Crippen LogP contribution in [0, 0.1) is 0 Å². The number of rotatable bonds is 4. The van der Waals surface area contributed by atoms with E-state index in [1.54, 1.807) is 0 Å². The molecule has 7 N–H and O–H groups in total. The Morgan fingerprint density at radius 3 is 2.92 bits per heavy atom. The predicted molar refractivity (Wildman–Crippen MR) is 75.4 cm³/mol. The molecule has 1 unspecified atom stereocenters. The lowest BCUT2D eigenvalue weighted by atomic mass is 10.1. The molecule has 0 aromatic carbocycles. The molecule has 24 heavy (non-hydrogen) atoms. The zero-order valence-electron chi connectivity index (χ0n) is 11.8. The Balaban J connectivity index is 2.08. The van der Waals surface area contributed by atoms with E-state index in [1.165, 1.54) is 0 Å². The molecule has 2 aromatic rings. The number of nitrogen functional groups attached to an aromatic ring is 1. The first-order valence-electron chi connectivity index (χ1n) is 6.52. The van der Waals surface area contributed by atoms with E-state index in [4.69, 9.17) is 15.4 Å². The van der Waals surface area contributed by atoms with Crippen molar-refractivity contribution in [3.8, 4) is 0 Å². The second-order valence-electron chi connectivity index (χ2n) is 5.00. The van der Waals surface area contributed by atoms with Gasteiger partial charge in [-0.3, -0.25) is 14.3 Å². The molecule has 13 nitrogen and oxygen atoms in total. The summed E-state index contributed by atoms with van der Waals surface area (Å²) in [6.45, 7) is -0.823. The number of anilines is 1. The molecule has 0 radical (unpaired) electrons. The maximum absolute atomic E-state index is 11.8. The first-order chi connectivity index (χ1) is 11.3. The normalized spacial score (nSPS) is 30.8. The summed E-state index contributed by atoms with van der Waals surface area (Å²) in [6, 6.07) is 0. The topological polar surface area (TPSA) is 206 Å². The Morgan fingerprint density at radius 1 is 1.58 bits per heavy atom. The molecule has 0 bridgehead atoms. The summed E-state index contributed by atoms with van der Waals surface area (Å²) in [5.41, 5.74) is 4.66. The molecular formula is C10H13N5O8P+. The summed E-state index contributed by atoms with van der Waals surface area (Å²) in [6.07, 6.45) is -3.76. The lowest BCUT2D eigenvalue weighted by Crippen LogP contribution is -2.50. The lowest BCUT2D eigenvalue weighted by Gasteiger charge is -2.22. The summed E-state index contributed by atoms with van der Waals surface area (Å²) >= 11 is 0. The van der Waals surface area contributed by atoms with Crippen LogP contribution in [0.4, 0.5) is 5.95 Å². The van der Waals surface area contributed by atoms with Gasteiger partial charge in [0.1, 0.15) is 6.10 Å². The number of nitrogens with two attached hydrogens (primary N) is 1. The van der Waals surface area contributed by atoms with Crippen molar-refractivity contribution in [3.05, 3.63) is 16.7 Å². The third-order valence-electron chi connectivity index (χ3n) is 3.57. The van der Waals surface area contributed by atoms with Gasteiger partial charge in [-0.1, -0.05) is 4.52 Å². The molecule has 14 heteroatoms. The van der Waals surface area contributed by atoms with Gasteiger partial charge in [0, 0.05) is 4.57 Å². The predicted octanol–water partition coefficient (Wildman–Crippen LogP) is -2.69. The van der Waals surface area contributed by atoms with Crippen molar-refractivity contribution >= 4 is 25.4 Å². The maximum atomic E-state index is 11.8.